The van der Waals surface area contributed by atoms with Gasteiger partial charge in [-0.3, -0.25) is 18.7 Å². The molecular weight excluding hydrogens is 466 g/mol. The number of amides is 1. The number of thiazole rings is 1. The molecule has 0 radical (unpaired) electrons. The number of hydrogen-bond donors (Lipinski definition) is 1. The molecule has 1 amide bonds. The number of para-hydroxylation sites is 1. The minimum Gasteiger partial charge on any atom is -0.435 e. The molecule has 0 atom stereocenters. The number of benzene rings is 2. The SMILES string of the molecule is CCn1c(=O)c2ccccc2n(CC(=O)Nc2nc(-c3ccc(OC(F)F)cc3)c(C)s2)c1=O. The summed E-state index contributed by atoms with van der Waals surface area (Å²) in [4.78, 5) is 43.4. The summed E-state index contributed by atoms with van der Waals surface area (Å²) in [6.07, 6.45) is 0. The first kappa shape index (κ1) is 23.3. The Labute approximate surface area is 196 Å². The van der Waals surface area contributed by atoms with Gasteiger partial charge in [0, 0.05) is 17.0 Å². The largest absolute Gasteiger partial charge is 0.435 e. The molecule has 0 aliphatic rings. The number of carbonyl (C=O) groups is 1. The first-order valence-electron chi connectivity index (χ1n) is 10.3. The number of alkyl halides is 2. The molecule has 2 aromatic carbocycles. The lowest BCUT2D eigenvalue weighted by atomic mass is 10.1. The van der Waals surface area contributed by atoms with Gasteiger partial charge in [0.05, 0.1) is 16.6 Å². The highest BCUT2D eigenvalue weighted by Gasteiger charge is 2.17. The standard InChI is InChI=1S/C23H20F2N4O4S/c1-3-28-20(31)16-6-4-5-7-17(16)29(23(28)32)12-18(30)26-22-27-19(13(2)34-22)14-8-10-15(11-9-14)33-21(24)25/h4-11,21H,3,12H2,1-2H3,(H,26,27,30). The molecule has 0 fully saturated rings. The van der Waals surface area contributed by atoms with Crippen LogP contribution >= 0.6 is 11.3 Å². The van der Waals surface area contributed by atoms with E-state index >= 15 is 0 Å². The van der Waals surface area contributed by atoms with Crippen molar-refractivity contribution in [3.05, 3.63) is 74.2 Å². The van der Waals surface area contributed by atoms with Crippen molar-refractivity contribution in [1.29, 1.82) is 0 Å². The van der Waals surface area contributed by atoms with E-state index in [1.165, 1.54) is 28.0 Å². The van der Waals surface area contributed by atoms with Crippen molar-refractivity contribution in [3.63, 3.8) is 0 Å². The molecule has 1 N–H and O–H groups in total. The summed E-state index contributed by atoms with van der Waals surface area (Å²) in [5.74, 6) is -0.444. The van der Waals surface area contributed by atoms with Crippen LogP contribution in [0.15, 0.2) is 58.1 Å². The molecular formula is C23H20F2N4O4S. The zero-order valence-corrected chi connectivity index (χ0v) is 19.1. The van der Waals surface area contributed by atoms with Crippen molar-refractivity contribution in [2.45, 2.75) is 33.5 Å². The van der Waals surface area contributed by atoms with Crippen molar-refractivity contribution in [2.75, 3.05) is 5.32 Å². The van der Waals surface area contributed by atoms with E-state index in [2.05, 4.69) is 15.0 Å². The van der Waals surface area contributed by atoms with Crippen LogP contribution in [0.4, 0.5) is 13.9 Å². The molecule has 176 valence electrons. The highest BCUT2D eigenvalue weighted by molar-refractivity contribution is 7.16. The minimum atomic E-state index is -2.91. The number of aryl methyl sites for hydroxylation is 1. The first-order valence-corrected chi connectivity index (χ1v) is 11.1. The molecule has 34 heavy (non-hydrogen) atoms. The third kappa shape index (κ3) is 4.60. The fourth-order valence-corrected chi connectivity index (χ4v) is 4.47. The number of halogens is 2. The van der Waals surface area contributed by atoms with Gasteiger partial charge in [0.25, 0.3) is 5.56 Å². The number of nitrogens with one attached hydrogen (secondary N) is 1. The van der Waals surface area contributed by atoms with Crippen LogP contribution in [0, 0.1) is 6.92 Å². The van der Waals surface area contributed by atoms with Gasteiger partial charge in [-0.05, 0) is 50.2 Å². The maximum atomic E-state index is 12.8. The van der Waals surface area contributed by atoms with Gasteiger partial charge in [-0.2, -0.15) is 8.78 Å². The molecule has 0 unspecified atom stereocenters. The van der Waals surface area contributed by atoms with Crippen LogP contribution in [0.1, 0.15) is 11.8 Å². The summed E-state index contributed by atoms with van der Waals surface area (Å²) >= 11 is 1.24. The van der Waals surface area contributed by atoms with Crippen molar-refractivity contribution in [3.8, 4) is 17.0 Å². The topological polar surface area (TPSA) is 95.2 Å². The molecule has 0 aliphatic carbocycles. The number of carbonyl (C=O) groups excluding carboxylic acids is 1. The second-order valence-corrected chi connectivity index (χ2v) is 8.51. The number of hydrogen-bond acceptors (Lipinski definition) is 6. The first-order chi connectivity index (χ1) is 16.3. The maximum Gasteiger partial charge on any atom is 0.387 e. The van der Waals surface area contributed by atoms with E-state index < -0.39 is 23.8 Å². The van der Waals surface area contributed by atoms with Crippen LogP contribution in [0.5, 0.6) is 5.75 Å². The average molecular weight is 487 g/mol. The third-order valence-corrected chi connectivity index (χ3v) is 6.03. The van der Waals surface area contributed by atoms with Gasteiger partial charge in [-0.25, -0.2) is 9.78 Å². The van der Waals surface area contributed by atoms with Crippen molar-refractivity contribution in [1.82, 2.24) is 14.1 Å². The second kappa shape index (κ2) is 9.56. The predicted molar refractivity (Wildman–Crippen MR) is 126 cm³/mol. The van der Waals surface area contributed by atoms with E-state index in [-0.39, 0.29) is 18.8 Å². The zero-order valence-electron chi connectivity index (χ0n) is 18.2. The summed E-state index contributed by atoms with van der Waals surface area (Å²) in [6.45, 7) is 0.484. The molecule has 0 bridgehead atoms. The molecule has 8 nitrogen and oxygen atoms in total. The maximum absolute atomic E-state index is 12.8. The summed E-state index contributed by atoms with van der Waals surface area (Å²) in [6, 6.07) is 12.7. The van der Waals surface area contributed by atoms with E-state index in [4.69, 9.17) is 0 Å². The van der Waals surface area contributed by atoms with Gasteiger partial charge < -0.3 is 10.1 Å². The molecule has 2 heterocycles. The zero-order chi connectivity index (χ0) is 24.4. The van der Waals surface area contributed by atoms with E-state index in [1.807, 2.05) is 6.92 Å². The fraction of sp³-hybridized carbons (Fsp3) is 0.217. The number of rotatable bonds is 7. The Morgan fingerprint density at radius 2 is 1.82 bits per heavy atom. The van der Waals surface area contributed by atoms with E-state index in [1.54, 1.807) is 43.3 Å². The molecule has 4 rings (SSSR count). The van der Waals surface area contributed by atoms with Crippen molar-refractivity contribution in [2.24, 2.45) is 0 Å². The quantitative estimate of drug-likeness (QED) is 0.428. The number of aromatic nitrogens is 3. The normalized spacial score (nSPS) is 11.2. The third-order valence-electron chi connectivity index (χ3n) is 5.15. The van der Waals surface area contributed by atoms with Crippen molar-refractivity contribution < 1.29 is 18.3 Å². The summed E-state index contributed by atoms with van der Waals surface area (Å²) in [5, 5.41) is 3.38. The Morgan fingerprint density at radius 1 is 1.12 bits per heavy atom. The Hall–Kier alpha value is -3.86. The van der Waals surface area contributed by atoms with Crippen LogP contribution < -0.4 is 21.3 Å². The fourth-order valence-electron chi connectivity index (χ4n) is 3.62. The molecule has 0 saturated heterocycles. The molecule has 0 aliphatic heterocycles. The number of ether oxygens (including phenoxy) is 1. The number of anilines is 1. The van der Waals surface area contributed by atoms with Crippen molar-refractivity contribution >= 4 is 33.3 Å². The number of fused-ring (bicyclic) bond motifs is 1. The van der Waals surface area contributed by atoms with Crippen LogP contribution in [0.2, 0.25) is 0 Å². The molecule has 4 aromatic rings. The lowest BCUT2D eigenvalue weighted by Gasteiger charge is -2.12. The molecule has 0 saturated carbocycles. The Kier molecular flexibility index (Phi) is 6.55. The Balaban J connectivity index is 1.58. The van der Waals surface area contributed by atoms with E-state index in [9.17, 15) is 23.2 Å². The predicted octanol–water partition coefficient (Wildman–Crippen LogP) is 3.86. The van der Waals surface area contributed by atoms with Gasteiger partial charge >= 0.3 is 12.3 Å². The molecule has 0 spiro atoms. The minimum absolute atomic E-state index is 0.0336. The Bertz CT molecular complexity index is 1480. The molecule has 2 aromatic heterocycles. The Morgan fingerprint density at radius 3 is 2.50 bits per heavy atom. The van der Waals surface area contributed by atoms with Crippen LogP contribution in [0.3, 0.4) is 0 Å². The smallest absolute Gasteiger partial charge is 0.387 e. The van der Waals surface area contributed by atoms with Gasteiger partial charge in [-0.15, -0.1) is 11.3 Å². The van der Waals surface area contributed by atoms with Crippen LogP contribution in [0.25, 0.3) is 22.2 Å². The number of nitrogens with zero attached hydrogens (tertiary/aromatic N) is 3. The average Bonchev–Trinajstić information content (AvgIpc) is 3.17. The highest BCUT2D eigenvalue weighted by atomic mass is 32.1. The van der Waals surface area contributed by atoms with E-state index in [0.29, 0.717) is 27.3 Å². The van der Waals surface area contributed by atoms with Crippen LogP contribution in [-0.4, -0.2) is 26.6 Å². The van der Waals surface area contributed by atoms with Gasteiger partial charge in [0.15, 0.2) is 5.13 Å². The monoisotopic (exact) mass is 486 g/mol. The van der Waals surface area contributed by atoms with Crippen LogP contribution in [-0.2, 0) is 17.9 Å². The van der Waals surface area contributed by atoms with Gasteiger partial charge in [-0.1, -0.05) is 12.1 Å². The summed E-state index contributed by atoms with van der Waals surface area (Å²) in [7, 11) is 0. The van der Waals surface area contributed by atoms with Gasteiger partial charge in [0.1, 0.15) is 12.3 Å². The highest BCUT2D eigenvalue weighted by Crippen LogP contribution is 2.31. The second-order valence-electron chi connectivity index (χ2n) is 7.31. The summed E-state index contributed by atoms with van der Waals surface area (Å²) in [5.41, 5.74) is 0.673. The molecule has 11 heteroatoms. The lowest BCUT2D eigenvalue weighted by molar-refractivity contribution is -0.116. The van der Waals surface area contributed by atoms with E-state index in [0.717, 1.165) is 9.44 Å². The lowest BCUT2D eigenvalue weighted by Crippen LogP contribution is -2.41. The summed E-state index contributed by atoms with van der Waals surface area (Å²) < 4.78 is 31.4. The van der Waals surface area contributed by atoms with Gasteiger partial charge in [0.2, 0.25) is 5.91 Å².